The van der Waals surface area contributed by atoms with E-state index in [0.29, 0.717) is 5.69 Å². The summed E-state index contributed by atoms with van der Waals surface area (Å²) in [5, 5.41) is 8.60. The van der Waals surface area contributed by atoms with Gasteiger partial charge in [0.1, 0.15) is 0 Å². The van der Waals surface area contributed by atoms with Crippen LogP contribution in [-0.2, 0) is 4.79 Å². The number of hydrogen-bond acceptors (Lipinski definition) is 2. The summed E-state index contributed by atoms with van der Waals surface area (Å²) >= 11 is 0. The minimum atomic E-state index is -0.844. The lowest BCUT2D eigenvalue weighted by Crippen LogP contribution is -2.08. The summed E-state index contributed by atoms with van der Waals surface area (Å²) in [7, 11) is 0. The van der Waals surface area contributed by atoms with Crippen LogP contribution in [-0.4, -0.2) is 16.1 Å². The van der Waals surface area contributed by atoms with E-state index in [1.807, 2.05) is 0 Å². The molecule has 1 aromatic heterocycles. The minimum Gasteiger partial charge on any atom is -0.481 e. The second-order valence-corrected chi connectivity index (χ2v) is 2.31. The molecule has 0 aliphatic carbocycles. The quantitative estimate of drug-likeness (QED) is 0.692. The van der Waals surface area contributed by atoms with E-state index < -0.39 is 11.9 Å². The fourth-order valence-electron chi connectivity index (χ4n) is 0.759. The number of nitrogens with zero attached hydrogens (tertiary/aromatic N) is 1. The Balaban J connectivity index is 2.85. The number of aromatic nitrogens is 1. The number of carbonyl (C=O) groups is 1. The van der Waals surface area contributed by atoms with Gasteiger partial charge < -0.3 is 5.11 Å². The number of hydrogen-bond donors (Lipinski definition) is 1. The highest BCUT2D eigenvalue weighted by atomic mass is 16.4. The second-order valence-electron chi connectivity index (χ2n) is 2.31. The number of carboxylic acid groups (broad SMARTS) is 1. The topological polar surface area (TPSA) is 50.2 Å². The van der Waals surface area contributed by atoms with Crippen molar-refractivity contribution >= 4 is 5.97 Å². The summed E-state index contributed by atoms with van der Waals surface area (Å²) in [4.78, 5) is 14.4. The van der Waals surface area contributed by atoms with Gasteiger partial charge in [-0.15, -0.1) is 0 Å². The molecule has 1 atom stereocenters. The molecule has 0 fully saturated rings. The van der Waals surface area contributed by atoms with Crippen LogP contribution in [0.1, 0.15) is 18.5 Å². The van der Waals surface area contributed by atoms with Crippen LogP contribution < -0.4 is 0 Å². The van der Waals surface area contributed by atoms with Gasteiger partial charge in [-0.1, -0.05) is 6.07 Å². The Hall–Kier alpha value is -1.38. The molecule has 58 valence electrons. The molecular formula is C8H9NO2. The Morgan fingerprint density at radius 3 is 2.82 bits per heavy atom. The molecular weight excluding hydrogens is 142 g/mol. The highest BCUT2D eigenvalue weighted by Crippen LogP contribution is 2.10. The van der Waals surface area contributed by atoms with E-state index in [-0.39, 0.29) is 0 Å². The number of rotatable bonds is 2. The lowest BCUT2D eigenvalue weighted by atomic mass is 10.1. The third-order valence-electron chi connectivity index (χ3n) is 1.50. The molecule has 1 N–H and O–H groups in total. The van der Waals surface area contributed by atoms with Crippen LogP contribution in [0.5, 0.6) is 0 Å². The lowest BCUT2D eigenvalue weighted by molar-refractivity contribution is -0.138. The predicted octanol–water partition coefficient (Wildman–Crippen LogP) is 1.27. The van der Waals surface area contributed by atoms with Crippen LogP contribution in [0.25, 0.3) is 0 Å². The van der Waals surface area contributed by atoms with Gasteiger partial charge in [0.05, 0.1) is 11.6 Å². The average molecular weight is 151 g/mol. The van der Waals surface area contributed by atoms with E-state index in [2.05, 4.69) is 4.98 Å². The molecule has 0 saturated carbocycles. The maximum atomic E-state index is 10.5. The highest BCUT2D eigenvalue weighted by Gasteiger charge is 2.13. The van der Waals surface area contributed by atoms with Gasteiger partial charge in [0, 0.05) is 6.20 Å². The fourth-order valence-corrected chi connectivity index (χ4v) is 0.759. The summed E-state index contributed by atoms with van der Waals surface area (Å²) in [5.74, 6) is -1.36. The fraction of sp³-hybridized carbons (Fsp3) is 0.250. The van der Waals surface area contributed by atoms with Crippen LogP contribution in [0.2, 0.25) is 0 Å². The van der Waals surface area contributed by atoms with Gasteiger partial charge in [0.2, 0.25) is 0 Å². The van der Waals surface area contributed by atoms with Gasteiger partial charge in [-0.25, -0.2) is 0 Å². The largest absolute Gasteiger partial charge is 0.481 e. The standard InChI is InChI=1S/C8H9NO2/c1-6(8(10)11)7-4-2-3-5-9-7/h2-6H,1H3,(H,10,11)/t6-/m1/s1. The summed E-state index contributed by atoms with van der Waals surface area (Å²) in [6.07, 6.45) is 1.59. The van der Waals surface area contributed by atoms with Crippen molar-refractivity contribution in [2.45, 2.75) is 12.8 Å². The summed E-state index contributed by atoms with van der Waals surface area (Å²) in [5.41, 5.74) is 0.597. The summed E-state index contributed by atoms with van der Waals surface area (Å²) < 4.78 is 0. The van der Waals surface area contributed by atoms with Crippen molar-refractivity contribution in [3.8, 4) is 0 Å². The molecule has 3 nitrogen and oxygen atoms in total. The summed E-state index contributed by atoms with van der Waals surface area (Å²) in [6.45, 7) is 1.62. The molecule has 0 amide bonds. The van der Waals surface area contributed by atoms with E-state index in [1.54, 1.807) is 31.3 Å². The molecule has 0 aliphatic rings. The molecule has 0 aromatic carbocycles. The van der Waals surface area contributed by atoms with Gasteiger partial charge in [-0.2, -0.15) is 0 Å². The Kier molecular flexibility index (Phi) is 2.21. The monoisotopic (exact) mass is 151 g/mol. The van der Waals surface area contributed by atoms with Crippen LogP contribution in [0.3, 0.4) is 0 Å². The molecule has 1 aromatic rings. The first kappa shape index (κ1) is 7.72. The highest BCUT2D eigenvalue weighted by molar-refractivity contribution is 5.74. The van der Waals surface area contributed by atoms with E-state index in [1.165, 1.54) is 0 Å². The molecule has 0 radical (unpaired) electrons. The molecule has 0 aliphatic heterocycles. The summed E-state index contributed by atoms with van der Waals surface area (Å²) in [6, 6.07) is 5.25. The molecule has 0 spiro atoms. The molecule has 0 saturated heterocycles. The normalized spacial score (nSPS) is 12.5. The Labute approximate surface area is 64.7 Å². The minimum absolute atomic E-state index is 0.517. The van der Waals surface area contributed by atoms with Gasteiger partial charge in [0.15, 0.2) is 0 Å². The molecule has 1 heterocycles. The average Bonchev–Trinajstić information content (AvgIpc) is 2.05. The Bertz CT molecular complexity index is 246. The van der Waals surface area contributed by atoms with Crippen molar-refractivity contribution in [2.24, 2.45) is 0 Å². The third kappa shape index (κ3) is 1.77. The number of aliphatic carboxylic acids is 1. The van der Waals surface area contributed by atoms with Gasteiger partial charge >= 0.3 is 5.97 Å². The van der Waals surface area contributed by atoms with E-state index >= 15 is 0 Å². The maximum absolute atomic E-state index is 10.5. The van der Waals surface area contributed by atoms with Gasteiger partial charge in [0.25, 0.3) is 0 Å². The van der Waals surface area contributed by atoms with Crippen molar-refractivity contribution in [1.82, 2.24) is 4.98 Å². The van der Waals surface area contributed by atoms with Crippen LogP contribution in [0.15, 0.2) is 24.4 Å². The number of carboxylic acids is 1. The SMILES string of the molecule is C[C@@H](C(=O)O)c1ccccn1. The van der Waals surface area contributed by atoms with Gasteiger partial charge in [-0.05, 0) is 19.1 Å². The smallest absolute Gasteiger partial charge is 0.312 e. The van der Waals surface area contributed by atoms with Crippen molar-refractivity contribution in [2.75, 3.05) is 0 Å². The number of pyridine rings is 1. The van der Waals surface area contributed by atoms with Crippen molar-refractivity contribution in [3.05, 3.63) is 30.1 Å². The Morgan fingerprint density at radius 2 is 2.36 bits per heavy atom. The van der Waals surface area contributed by atoms with E-state index in [0.717, 1.165) is 0 Å². The van der Waals surface area contributed by atoms with Crippen LogP contribution >= 0.6 is 0 Å². The van der Waals surface area contributed by atoms with Crippen molar-refractivity contribution in [1.29, 1.82) is 0 Å². The zero-order chi connectivity index (χ0) is 8.27. The Morgan fingerprint density at radius 1 is 1.64 bits per heavy atom. The first-order valence-corrected chi connectivity index (χ1v) is 3.35. The van der Waals surface area contributed by atoms with Crippen LogP contribution in [0, 0.1) is 0 Å². The maximum Gasteiger partial charge on any atom is 0.312 e. The zero-order valence-corrected chi connectivity index (χ0v) is 6.19. The van der Waals surface area contributed by atoms with E-state index in [9.17, 15) is 4.79 Å². The predicted molar refractivity (Wildman–Crippen MR) is 40.3 cm³/mol. The van der Waals surface area contributed by atoms with Gasteiger partial charge in [-0.3, -0.25) is 9.78 Å². The lowest BCUT2D eigenvalue weighted by Gasteiger charge is -2.02. The zero-order valence-electron chi connectivity index (χ0n) is 6.19. The molecule has 3 heteroatoms. The van der Waals surface area contributed by atoms with Crippen LogP contribution in [0.4, 0.5) is 0 Å². The second kappa shape index (κ2) is 3.14. The molecule has 0 bridgehead atoms. The third-order valence-corrected chi connectivity index (χ3v) is 1.50. The molecule has 11 heavy (non-hydrogen) atoms. The van der Waals surface area contributed by atoms with Crippen molar-refractivity contribution in [3.63, 3.8) is 0 Å². The first-order valence-electron chi connectivity index (χ1n) is 3.35. The first-order chi connectivity index (χ1) is 5.22. The van der Waals surface area contributed by atoms with Crippen molar-refractivity contribution < 1.29 is 9.90 Å². The van der Waals surface area contributed by atoms with E-state index in [4.69, 9.17) is 5.11 Å². The molecule has 1 rings (SSSR count). The molecule has 0 unspecified atom stereocenters.